The Morgan fingerprint density at radius 3 is 3.00 bits per heavy atom. The minimum absolute atomic E-state index is 0.601. The molecule has 0 aromatic carbocycles. The Kier molecular flexibility index (Phi) is 5.05. The van der Waals surface area contributed by atoms with E-state index >= 15 is 0 Å². The lowest BCUT2D eigenvalue weighted by Gasteiger charge is -2.36. The van der Waals surface area contributed by atoms with E-state index in [-0.39, 0.29) is 0 Å². The van der Waals surface area contributed by atoms with Crippen LogP contribution in [0.25, 0.3) is 0 Å². The quantitative estimate of drug-likeness (QED) is 0.915. The first-order valence-electron chi connectivity index (χ1n) is 8.51. The van der Waals surface area contributed by atoms with Gasteiger partial charge in [-0.25, -0.2) is 9.97 Å². The van der Waals surface area contributed by atoms with Gasteiger partial charge in [-0.15, -0.1) is 0 Å². The smallest absolute Gasteiger partial charge is 0.134 e. The highest BCUT2D eigenvalue weighted by Gasteiger charge is 2.22. The SMILES string of the molecule is CCC1CCCCN1c1cc(NCc2cccnc2)nc(C)n1. The van der Waals surface area contributed by atoms with Gasteiger partial charge in [0.15, 0.2) is 0 Å². The zero-order valence-corrected chi connectivity index (χ0v) is 14.0. The Hall–Kier alpha value is -2.17. The topological polar surface area (TPSA) is 53.9 Å². The van der Waals surface area contributed by atoms with E-state index in [1.807, 2.05) is 19.2 Å². The van der Waals surface area contributed by atoms with E-state index in [4.69, 9.17) is 0 Å². The van der Waals surface area contributed by atoms with Crippen molar-refractivity contribution in [2.45, 2.75) is 52.1 Å². The third-order valence-electron chi connectivity index (χ3n) is 4.41. The molecule has 122 valence electrons. The number of nitrogens with one attached hydrogen (secondary N) is 1. The fourth-order valence-corrected chi connectivity index (χ4v) is 3.21. The fraction of sp³-hybridized carbons (Fsp3) is 0.500. The zero-order chi connectivity index (χ0) is 16.1. The van der Waals surface area contributed by atoms with E-state index in [0.717, 1.165) is 36.1 Å². The van der Waals surface area contributed by atoms with Gasteiger partial charge in [0.25, 0.3) is 0 Å². The molecule has 3 heterocycles. The van der Waals surface area contributed by atoms with Crippen LogP contribution >= 0.6 is 0 Å². The van der Waals surface area contributed by atoms with Crippen LogP contribution in [0.4, 0.5) is 11.6 Å². The predicted octanol–water partition coefficient (Wildman–Crippen LogP) is 3.56. The summed E-state index contributed by atoms with van der Waals surface area (Å²) in [7, 11) is 0. The zero-order valence-electron chi connectivity index (χ0n) is 14.0. The van der Waals surface area contributed by atoms with Gasteiger partial charge in [-0.2, -0.15) is 0 Å². The van der Waals surface area contributed by atoms with Crippen molar-refractivity contribution < 1.29 is 0 Å². The molecule has 2 aromatic heterocycles. The molecule has 3 rings (SSSR count). The Bertz CT molecular complexity index is 629. The maximum Gasteiger partial charge on any atom is 0.134 e. The molecule has 2 aromatic rings. The first-order valence-corrected chi connectivity index (χ1v) is 8.51. The van der Waals surface area contributed by atoms with E-state index in [1.165, 1.54) is 25.7 Å². The van der Waals surface area contributed by atoms with E-state index in [9.17, 15) is 0 Å². The van der Waals surface area contributed by atoms with Crippen molar-refractivity contribution in [2.24, 2.45) is 0 Å². The van der Waals surface area contributed by atoms with Gasteiger partial charge in [0.2, 0.25) is 0 Å². The number of anilines is 2. The summed E-state index contributed by atoms with van der Waals surface area (Å²) in [5.74, 6) is 2.76. The molecule has 5 nitrogen and oxygen atoms in total. The summed E-state index contributed by atoms with van der Waals surface area (Å²) in [6.45, 7) is 6.04. The van der Waals surface area contributed by atoms with Gasteiger partial charge in [-0.1, -0.05) is 13.0 Å². The molecule has 0 radical (unpaired) electrons. The second-order valence-corrected chi connectivity index (χ2v) is 6.12. The first kappa shape index (κ1) is 15.7. The van der Waals surface area contributed by atoms with Crippen molar-refractivity contribution in [3.05, 3.63) is 42.0 Å². The van der Waals surface area contributed by atoms with Crippen molar-refractivity contribution in [1.82, 2.24) is 15.0 Å². The van der Waals surface area contributed by atoms with Gasteiger partial charge in [-0.3, -0.25) is 4.98 Å². The van der Waals surface area contributed by atoms with Crippen molar-refractivity contribution in [1.29, 1.82) is 0 Å². The number of hydrogen-bond acceptors (Lipinski definition) is 5. The number of rotatable bonds is 5. The number of aryl methyl sites for hydroxylation is 1. The Labute approximate surface area is 138 Å². The van der Waals surface area contributed by atoms with Gasteiger partial charge in [0, 0.05) is 37.6 Å². The summed E-state index contributed by atoms with van der Waals surface area (Å²) < 4.78 is 0. The third-order valence-corrected chi connectivity index (χ3v) is 4.41. The maximum atomic E-state index is 4.67. The Morgan fingerprint density at radius 2 is 2.22 bits per heavy atom. The molecule has 1 fully saturated rings. The lowest BCUT2D eigenvalue weighted by atomic mass is 10.00. The average Bonchev–Trinajstić information content (AvgIpc) is 2.60. The van der Waals surface area contributed by atoms with Crippen LogP contribution in [0.1, 0.15) is 44.0 Å². The summed E-state index contributed by atoms with van der Waals surface area (Å²) in [6, 6.07) is 6.70. The van der Waals surface area contributed by atoms with Crippen LogP contribution in [0.3, 0.4) is 0 Å². The Morgan fingerprint density at radius 1 is 1.30 bits per heavy atom. The highest BCUT2D eigenvalue weighted by Crippen LogP contribution is 2.26. The summed E-state index contributed by atoms with van der Waals surface area (Å²) in [5, 5.41) is 3.40. The van der Waals surface area contributed by atoms with Crippen molar-refractivity contribution in [3.8, 4) is 0 Å². The highest BCUT2D eigenvalue weighted by atomic mass is 15.2. The second kappa shape index (κ2) is 7.40. The Balaban J connectivity index is 1.76. The molecule has 1 aliphatic heterocycles. The van der Waals surface area contributed by atoms with E-state index in [2.05, 4.69) is 44.2 Å². The van der Waals surface area contributed by atoms with E-state index < -0.39 is 0 Å². The maximum absolute atomic E-state index is 4.67. The normalized spacial score (nSPS) is 18.0. The van der Waals surface area contributed by atoms with Crippen LogP contribution in [0, 0.1) is 6.92 Å². The number of hydrogen-bond donors (Lipinski definition) is 1. The van der Waals surface area contributed by atoms with E-state index in [1.54, 1.807) is 6.20 Å². The molecular weight excluding hydrogens is 286 g/mol. The molecule has 1 atom stereocenters. The van der Waals surface area contributed by atoms with Crippen LogP contribution in [0.5, 0.6) is 0 Å². The van der Waals surface area contributed by atoms with Crippen LogP contribution in [-0.2, 0) is 6.54 Å². The lowest BCUT2D eigenvalue weighted by Crippen LogP contribution is -2.39. The van der Waals surface area contributed by atoms with Crippen molar-refractivity contribution >= 4 is 11.6 Å². The molecule has 0 aliphatic carbocycles. The molecule has 0 bridgehead atoms. The molecule has 1 unspecified atom stereocenters. The minimum atomic E-state index is 0.601. The second-order valence-electron chi connectivity index (χ2n) is 6.12. The van der Waals surface area contributed by atoms with Gasteiger partial charge in [0.05, 0.1) is 0 Å². The van der Waals surface area contributed by atoms with Crippen LogP contribution < -0.4 is 10.2 Å². The molecule has 1 aliphatic rings. The van der Waals surface area contributed by atoms with E-state index in [0.29, 0.717) is 6.04 Å². The third kappa shape index (κ3) is 3.97. The molecule has 23 heavy (non-hydrogen) atoms. The minimum Gasteiger partial charge on any atom is -0.366 e. The van der Waals surface area contributed by atoms with Gasteiger partial charge >= 0.3 is 0 Å². The van der Waals surface area contributed by atoms with Crippen molar-refractivity contribution in [2.75, 3.05) is 16.8 Å². The number of aromatic nitrogens is 3. The van der Waals surface area contributed by atoms with Gasteiger partial charge in [-0.05, 0) is 44.2 Å². The standard InChI is InChI=1S/C18H25N5/c1-3-16-8-4-5-10-23(16)18-11-17(21-14(2)22-18)20-13-15-7-6-9-19-12-15/h6-7,9,11-12,16H,3-5,8,10,13H2,1-2H3,(H,20,21,22). The number of piperidine rings is 1. The highest BCUT2D eigenvalue weighted by molar-refractivity contribution is 5.50. The molecule has 1 N–H and O–H groups in total. The lowest BCUT2D eigenvalue weighted by molar-refractivity contribution is 0.446. The van der Waals surface area contributed by atoms with Gasteiger partial charge < -0.3 is 10.2 Å². The molecule has 1 saturated heterocycles. The molecule has 0 saturated carbocycles. The monoisotopic (exact) mass is 311 g/mol. The summed E-state index contributed by atoms with van der Waals surface area (Å²) in [4.78, 5) is 15.8. The summed E-state index contributed by atoms with van der Waals surface area (Å²) in [5.41, 5.74) is 1.15. The largest absolute Gasteiger partial charge is 0.366 e. The van der Waals surface area contributed by atoms with Gasteiger partial charge in [0.1, 0.15) is 17.5 Å². The first-order chi connectivity index (χ1) is 11.3. The molecular formula is C18H25N5. The number of pyridine rings is 1. The predicted molar refractivity (Wildman–Crippen MR) is 93.6 cm³/mol. The number of nitrogens with zero attached hydrogens (tertiary/aromatic N) is 4. The van der Waals surface area contributed by atoms with Crippen LogP contribution in [-0.4, -0.2) is 27.5 Å². The molecule has 0 spiro atoms. The van der Waals surface area contributed by atoms with Crippen LogP contribution in [0.15, 0.2) is 30.6 Å². The molecule has 5 heteroatoms. The average molecular weight is 311 g/mol. The fourth-order valence-electron chi connectivity index (χ4n) is 3.21. The summed E-state index contributed by atoms with van der Waals surface area (Å²) in [6.07, 6.45) is 8.67. The summed E-state index contributed by atoms with van der Waals surface area (Å²) >= 11 is 0. The van der Waals surface area contributed by atoms with Crippen molar-refractivity contribution in [3.63, 3.8) is 0 Å². The van der Waals surface area contributed by atoms with Crippen LogP contribution in [0.2, 0.25) is 0 Å². The molecule has 0 amide bonds.